The molecule has 0 saturated heterocycles. The van der Waals surface area contributed by atoms with Gasteiger partial charge in [-0.25, -0.2) is 13.2 Å². The molecule has 0 fully saturated rings. The number of benzene rings is 1. The molecule has 1 heterocycles. The molecule has 0 unspecified atom stereocenters. The number of nitrogens with zero attached hydrogens (tertiary/aromatic N) is 1. The van der Waals surface area contributed by atoms with Crippen molar-refractivity contribution < 1.29 is 22.5 Å². The standard InChI is InChI=1S/C11H11N3O5S/c1-18-11(15)7-2-3-10(9(12)4-7)20(16,17)14-8-5-13-19-6-8/h2-6,14H,12H2,1H3. The molecule has 0 aliphatic heterocycles. The number of ether oxygens (including phenoxy) is 1. The zero-order valence-corrected chi connectivity index (χ0v) is 11.2. The van der Waals surface area contributed by atoms with Crippen molar-refractivity contribution in [2.75, 3.05) is 17.6 Å². The monoisotopic (exact) mass is 297 g/mol. The van der Waals surface area contributed by atoms with Crippen molar-refractivity contribution in [3.05, 3.63) is 36.2 Å². The molecule has 0 saturated carbocycles. The van der Waals surface area contributed by atoms with Crippen LogP contribution in [0.5, 0.6) is 0 Å². The van der Waals surface area contributed by atoms with E-state index in [0.29, 0.717) is 0 Å². The first-order valence-electron chi connectivity index (χ1n) is 5.34. The number of aromatic nitrogens is 1. The van der Waals surface area contributed by atoms with Crippen molar-refractivity contribution in [1.82, 2.24) is 5.16 Å². The molecule has 1 aromatic carbocycles. The third kappa shape index (κ3) is 2.72. The predicted octanol–water partition coefficient (Wildman–Crippen LogP) is 0.844. The van der Waals surface area contributed by atoms with E-state index >= 15 is 0 Å². The van der Waals surface area contributed by atoms with Crippen LogP contribution >= 0.6 is 0 Å². The van der Waals surface area contributed by atoms with Gasteiger partial charge in [0.15, 0.2) is 0 Å². The van der Waals surface area contributed by atoms with Crippen molar-refractivity contribution >= 4 is 27.4 Å². The van der Waals surface area contributed by atoms with Crippen molar-refractivity contribution in [1.29, 1.82) is 0 Å². The summed E-state index contributed by atoms with van der Waals surface area (Å²) in [7, 11) is -2.67. The summed E-state index contributed by atoms with van der Waals surface area (Å²) in [5, 5.41) is 3.38. The molecule has 9 heteroatoms. The number of nitrogens with two attached hydrogens (primary N) is 1. The number of anilines is 2. The van der Waals surface area contributed by atoms with Gasteiger partial charge >= 0.3 is 5.97 Å². The SMILES string of the molecule is COC(=O)c1ccc(S(=O)(=O)Nc2cnoc2)c(N)c1. The molecule has 0 spiro atoms. The Kier molecular flexibility index (Phi) is 3.61. The summed E-state index contributed by atoms with van der Waals surface area (Å²) in [6.45, 7) is 0. The third-order valence-corrected chi connectivity index (χ3v) is 3.86. The first-order valence-corrected chi connectivity index (χ1v) is 6.82. The molecule has 106 valence electrons. The highest BCUT2D eigenvalue weighted by Gasteiger charge is 2.20. The lowest BCUT2D eigenvalue weighted by atomic mass is 10.2. The average Bonchev–Trinajstić information content (AvgIpc) is 2.89. The maximum Gasteiger partial charge on any atom is 0.337 e. The normalized spacial score (nSPS) is 11.1. The minimum atomic E-state index is -3.89. The number of nitrogens with one attached hydrogen (secondary N) is 1. The number of carbonyl (C=O) groups excluding carboxylic acids is 1. The van der Waals surface area contributed by atoms with E-state index in [0.717, 1.165) is 6.26 Å². The first-order chi connectivity index (χ1) is 9.44. The molecule has 2 aromatic rings. The molecule has 0 bridgehead atoms. The Hall–Kier alpha value is -2.55. The van der Waals surface area contributed by atoms with E-state index in [1.807, 2.05) is 0 Å². The Bertz CT molecular complexity index is 725. The zero-order valence-electron chi connectivity index (χ0n) is 10.4. The molecule has 0 aliphatic carbocycles. The van der Waals surface area contributed by atoms with Crippen molar-refractivity contribution in [3.8, 4) is 0 Å². The quantitative estimate of drug-likeness (QED) is 0.633. The summed E-state index contributed by atoms with van der Waals surface area (Å²) in [6, 6.07) is 3.76. The van der Waals surface area contributed by atoms with Crippen LogP contribution in [0.1, 0.15) is 10.4 Å². The van der Waals surface area contributed by atoms with Crippen LogP contribution in [0.4, 0.5) is 11.4 Å². The summed E-state index contributed by atoms with van der Waals surface area (Å²) >= 11 is 0. The fourth-order valence-electron chi connectivity index (χ4n) is 1.50. The van der Waals surface area contributed by atoms with Gasteiger partial charge in [-0.2, -0.15) is 0 Å². The van der Waals surface area contributed by atoms with Gasteiger partial charge in [0, 0.05) is 0 Å². The second-order valence-corrected chi connectivity index (χ2v) is 5.41. The third-order valence-electron chi connectivity index (χ3n) is 2.40. The van der Waals surface area contributed by atoms with Gasteiger partial charge in [0.1, 0.15) is 16.8 Å². The van der Waals surface area contributed by atoms with Crippen molar-refractivity contribution in [2.45, 2.75) is 4.90 Å². The number of methoxy groups -OCH3 is 1. The molecular formula is C11H11N3O5S. The predicted molar refractivity (Wildman–Crippen MR) is 69.5 cm³/mol. The summed E-state index contributed by atoms with van der Waals surface area (Å²) in [5.74, 6) is -0.604. The van der Waals surface area contributed by atoms with Crippen molar-refractivity contribution in [2.24, 2.45) is 0 Å². The lowest BCUT2D eigenvalue weighted by Gasteiger charge is -2.09. The maximum absolute atomic E-state index is 12.1. The Balaban J connectivity index is 2.35. The summed E-state index contributed by atoms with van der Waals surface area (Å²) in [5.41, 5.74) is 5.92. The second kappa shape index (κ2) is 5.21. The van der Waals surface area contributed by atoms with Gasteiger partial charge < -0.3 is 15.0 Å². The number of esters is 1. The minimum Gasteiger partial charge on any atom is -0.465 e. The molecule has 0 aliphatic rings. The Morgan fingerprint density at radius 3 is 2.75 bits per heavy atom. The van der Waals surface area contributed by atoms with Crippen LogP contribution < -0.4 is 10.5 Å². The van der Waals surface area contributed by atoms with Crippen LogP contribution in [0.2, 0.25) is 0 Å². The van der Waals surface area contributed by atoms with Gasteiger partial charge in [-0.3, -0.25) is 4.72 Å². The van der Waals surface area contributed by atoms with Crippen LogP contribution in [-0.2, 0) is 14.8 Å². The number of nitrogen functional groups attached to an aromatic ring is 1. The van der Waals surface area contributed by atoms with Gasteiger partial charge in [-0.1, -0.05) is 5.16 Å². The number of hydrogen-bond acceptors (Lipinski definition) is 7. The topological polar surface area (TPSA) is 125 Å². The fourth-order valence-corrected chi connectivity index (χ4v) is 2.64. The molecule has 0 amide bonds. The minimum absolute atomic E-state index is 0.0724. The molecule has 8 nitrogen and oxygen atoms in total. The first kappa shape index (κ1) is 13.9. The van der Waals surface area contributed by atoms with Gasteiger partial charge in [0.05, 0.1) is 24.6 Å². The fraction of sp³-hybridized carbons (Fsp3) is 0.0909. The zero-order chi connectivity index (χ0) is 14.8. The van der Waals surface area contributed by atoms with Crippen LogP contribution in [0.15, 0.2) is 40.1 Å². The largest absolute Gasteiger partial charge is 0.465 e. The Labute approximate surface area is 114 Å². The van der Waals surface area contributed by atoms with E-state index in [-0.39, 0.29) is 21.8 Å². The van der Waals surface area contributed by atoms with Crippen LogP contribution in [0.25, 0.3) is 0 Å². The number of hydrogen-bond donors (Lipinski definition) is 2. The molecule has 0 radical (unpaired) electrons. The van der Waals surface area contributed by atoms with Crippen molar-refractivity contribution in [3.63, 3.8) is 0 Å². The van der Waals surface area contributed by atoms with Gasteiger partial charge in [-0.05, 0) is 18.2 Å². The van der Waals surface area contributed by atoms with E-state index in [1.54, 1.807) is 0 Å². The maximum atomic E-state index is 12.1. The van der Waals surface area contributed by atoms with Crippen LogP contribution in [0, 0.1) is 0 Å². The summed E-state index contributed by atoms with van der Waals surface area (Å²) in [4.78, 5) is 11.2. The number of rotatable bonds is 4. The molecular weight excluding hydrogens is 286 g/mol. The molecule has 2 rings (SSSR count). The van der Waals surface area contributed by atoms with E-state index < -0.39 is 16.0 Å². The lowest BCUT2D eigenvalue weighted by molar-refractivity contribution is 0.0600. The van der Waals surface area contributed by atoms with E-state index in [1.165, 1.54) is 31.5 Å². The lowest BCUT2D eigenvalue weighted by Crippen LogP contribution is -2.15. The summed E-state index contributed by atoms with van der Waals surface area (Å²) in [6.07, 6.45) is 2.34. The molecule has 1 aromatic heterocycles. The molecule has 3 N–H and O–H groups in total. The summed E-state index contributed by atoms with van der Waals surface area (Å²) < 4.78 is 35.5. The highest BCUT2D eigenvalue weighted by molar-refractivity contribution is 7.92. The van der Waals surface area contributed by atoms with Gasteiger partial charge in [-0.15, -0.1) is 0 Å². The van der Waals surface area contributed by atoms with Crippen LogP contribution in [-0.4, -0.2) is 26.7 Å². The highest BCUT2D eigenvalue weighted by atomic mass is 32.2. The van der Waals surface area contributed by atoms with Crippen LogP contribution in [0.3, 0.4) is 0 Å². The number of carbonyl (C=O) groups is 1. The van der Waals surface area contributed by atoms with Gasteiger partial charge in [0.2, 0.25) is 0 Å². The Morgan fingerprint density at radius 1 is 1.45 bits per heavy atom. The smallest absolute Gasteiger partial charge is 0.337 e. The van der Waals surface area contributed by atoms with Gasteiger partial charge in [0.25, 0.3) is 10.0 Å². The van der Waals surface area contributed by atoms with E-state index in [9.17, 15) is 13.2 Å². The Morgan fingerprint density at radius 2 is 2.20 bits per heavy atom. The average molecular weight is 297 g/mol. The van der Waals surface area contributed by atoms with E-state index in [4.69, 9.17) is 5.73 Å². The van der Waals surface area contributed by atoms with E-state index in [2.05, 4.69) is 19.1 Å². The number of sulfonamides is 1. The highest BCUT2D eigenvalue weighted by Crippen LogP contribution is 2.22. The second-order valence-electron chi connectivity index (χ2n) is 3.76. The molecule has 20 heavy (non-hydrogen) atoms. The molecule has 0 atom stereocenters.